The molecule has 2 N–H and O–H groups in total. The zero-order valence-corrected chi connectivity index (χ0v) is 14.0. The summed E-state index contributed by atoms with van der Waals surface area (Å²) in [6.07, 6.45) is 7.57. The molecule has 7 nitrogen and oxygen atoms in total. The van der Waals surface area contributed by atoms with Crippen LogP contribution in [0.15, 0.2) is 30.3 Å². The van der Waals surface area contributed by atoms with Crippen LogP contribution in [0.1, 0.15) is 23.2 Å². The molecule has 0 saturated heterocycles. The number of terminal acetylenes is 1. The van der Waals surface area contributed by atoms with Crippen molar-refractivity contribution in [3.05, 3.63) is 35.9 Å². The Bertz CT molecular complexity index is 665. The molecule has 1 aliphatic rings. The molecule has 132 valence electrons. The maximum Gasteiger partial charge on any atom is 0.331 e. The minimum absolute atomic E-state index is 0.124. The van der Waals surface area contributed by atoms with Crippen molar-refractivity contribution in [2.75, 3.05) is 20.2 Å². The lowest BCUT2D eigenvalue weighted by Gasteiger charge is -2.25. The van der Waals surface area contributed by atoms with Gasteiger partial charge >= 0.3 is 5.97 Å². The Morgan fingerprint density at radius 2 is 2.00 bits per heavy atom. The molecule has 25 heavy (non-hydrogen) atoms. The predicted octanol–water partition coefficient (Wildman–Crippen LogP) is 0.129. The number of carbonyl (C=O) groups excluding carboxylic acids is 3. The summed E-state index contributed by atoms with van der Waals surface area (Å²) >= 11 is 0. The van der Waals surface area contributed by atoms with Crippen LogP contribution in [0.25, 0.3) is 0 Å². The van der Waals surface area contributed by atoms with Crippen molar-refractivity contribution in [2.24, 2.45) is 0 Å². The van der Waals surface area contributed by atoms with E-state index in [2.05, 4.69) is 16.7 Å². The normalized spacial score (nSPS) is 14.1. The van der Waals surface area contributed by atoms with Gasteiger partial charge in [-0.15, -0.1) is 0 Å². The van der Waals surface area contributed by atoms with Crippen molar-refractivity contribution in [3.63, 3.8) is 0 Å². The van der Waals surface area contributed by atoms with E-state index in [4.69, 9.17) is 11.2 Å². The van der Waals surface area contributed by atoms with Crippen LogP contribution in [0.4, 0.5) is 0 Å². The molecule has 0 spiro atoms. The smallest absolute Gasteiger partial charge is 0.331 e. The zero-order valence-electron chi connectivity index (χ0n) is 14.0. The number of nitrogens with zero attached hydrogens (tertiary/aromatic N) is 1. The number of carbonyl (C=O) groups is 3. The lowest BCUT2D eigenvalue weighted by atomic mass is 10.1. The summed E-state index contributed by atoms with van der Waals surface area (Å²) in [7, 11) is 1.20. The Hall–Kier alpha value is -2.85. The molecule has 0 bridgehead atoms. The highest BCUT2D eigenvalue weighted by Crippen LogP contribution is 2.17. The number of nitrogens with one attached hydrogen (secondary N) is 2. The molecule has 2 rings (SSSR count). The molecular formula is C18H21N3O4. The molecule has 0 heterocycles. The first kappa shape index (κ1) is 18.5. The van der Waals surface area contributed by atoms with E-state index in [9.17, 15) is 14.4 Å². The molecule has 1 atom stereocenters. The fourth-order valence-corrected chi connectivity index (χ4v) is 2.22. The minimum atomic E-state index is -1.10. The van der Waals surface area contributed by atoms with E-state index < -0.39 is 17.9 Å². The zero-order chi connectivity index (χ0) is 18.2. The van der Waals surface area contributed by atoms with Gasteiger partial charge in [0, 0.05) is 24.2 Å². The van der Waals surface area contributed by atoms with Gasteiger partial charge in [0.15, 0.2) is 6.04 Å². The fourth-order valence-electron chi connectivity index (χ4n) is 2.22. The van der Waals surface area contributed by atoms with Crippen molar-refractivity contribution in [2.45, 2.75) is 24.9 Å². The summed E-state index contributed by atoms with van der Waals surface area (Å²) in [6.45, 7) is 0.0296. The average Bonchev–Trinajstić information content (AvgIpc) is 3.47. The number of ether oxygens (including phenoxy) is 1. The van der Waals surface area contributed by atoms with Crippen LogP contribution in [-0.2, 0) is 14.3 Å². The van der Waals surface area contributed by atoms with Gasteiger partial charge in [-0.05, 0) is 25.0 Å². The highest BCUT2D eigenvalue weighted by atomic mass is 16.5. The Balaban J connectivity index is 2.03. The Labute approximate surface area is 146 Å². The SMILES string of the molecule is C#CN(C(=O)c1ccccc1)C(CNC(=O)CNC1CC1)C(=O)OC. The summed E-state index contributed by atoms with van der Waals surface area (Å²) in [5, 5.41) is 5.68. The average molecular weight is 343 g/mol. The molecule has 1 aromatic carbocycles. The van der Waals surface area contributed by atoms with E-state index in [0.717, 1.165) is 17.7 Å². The number of hydrogen-bond acceptors (Lipinski definition) is 5. The molecule has 0 aliphatic heterocycles. The summed E-state index contributed by atoms with van der Waals surface area (Å²) in [4.78, 5) is 37.4. The Kier molecular flexibility index (Phi) is 6.54. The van der Waals surface area contributed by atoms with Crippen molar-refractivity contribution in [3.8, 4) is 12.5 Å². The third-order valence-electron chi connectivity index (χ3n) is 3.78. The van der Waals surface area contributed by atoms with Gasteiger partial charge < -0.3 is 15.4 Å². The van der Waals surface area contributed by atoms with Gasteiger partial charge in [-0.3, -0.25) is 14.5 Å². The summed E-state index contributed by atoms with van der Waals surface area (Å²) in [6, 6.07) is 9.85. The third kappa shape index (κ3) is 5.33. The Morgan fingerprint density at radius 1 is 1.32 bits per heavy atom. The fraction of sp³-hybridized carbons (Fsp3) is 0.389. The van der Waals surface area contributed by atoms with Crippen molar-refractivity contribution < 1.29 is 19.1 Å². The van der Waals surface area contributed by atoms with Gasteiger partial charge in [-0.25, -0.2) is 4.79 Å². The molecule has 0 aromatic heterocycles. The van der Waals surface area contributed by atoms with Gasteiger partial charge in [-0.2, -0.15) is 0 Å². The van der Waals surface area contributed by atoms with Gasteiger partial charge in [0.05, 0.1) is 13.7 Å². The highest BCUT2D eigenvalue weighted by Gasteiger charge is 2.31. The highest BCUT2D eigenvalue weighted by molar-refractivity contribution is 5.98. The minimum Gasteiger partial charge on any atom is -0.467 e. The monoisotopic (exact) mass is 343 g/mol. The standard InChI is InChI=1S/C18H21N3O4/c1-3-21(17(23)13-7-5-4-6-8-13)15(18(24)25-2)11-20-16(22)12-19-14-9-10-14/h1,4-8,14-15,19H,9-12H2,2H3,(H,20,22). The van der Waals surface area contributed by atoms with Crippen molar-refractivity contribution in [1.82, 2.24) is 15.5 Å². The Morgan fingerprint density at radius 3 is 2.56 bits per heavy atom. The van der Waals surface area contributed by atoms with Gasteiger partial charge in [0.25, 0.3) is 5.91 Å². The molecule has 1 saturated carbocycles. The topological polar surface area (TPSA) is 87.7 Å². The molecule has 7 heteroatoms. The van der Waals surface area contributed by atoms with Gasteiger partial charge in [-0.1, -0.05) is 24.6 Å². The number of rotatable bonds is 8. The predicted molar refractivity (Wildman–Crippen MR) is 91.3 cm³/mol. The van der Waals surface area contributed by atoms with Crippen LogP contribution >= 0.6 is 0 Å². The number of hydrogen-bond donors (Lipinski definition) is 2. The first-order chi connectivity index (χ1) is 12.1. The molecule has 1 fully saturated rings. The molecule has 1 unspecified atom stereocenters. The van der Waals surface area contributed by atoms with E-state index in [1.807, 2.05) is 0 Å². The molecule has 0 radical (unpaired) electrons. The van der Waals surface area contributed by atoms with Gasteiger partial charge in [0.1, 0.15) is 0 Å². The number of methoxy groups -OCH3 is 1. The number of amides is 2. The van der Waals surface area contributed by atoms with Crippen LogP contribution in [0.3, 0.4) is 0 Å². The number of esters is 1. The summed E-state index contributed by atoms with van der Waals surface area (Å²) in [5.41, 5.74) is 0.344. The molecule has 1 aliphatic carbocycles. The second-order valence-electron chi connectivity index (χ2n) is 5.67. The van der Waals surface area contributed by atoms with Crippen LogP contribution in [0.2, 0.25) is 0 Å². The van der Waals surface area contributed by atoms with Crippen molar-refractivity contribution in [1.29, 1.82) is 0 Å². The van der Waals surface area contributed by atoms with E-state index in [1.165, 1.54) is 7.11 Å². The van der Waals surface area contributed by atoms with E-state index in [1.54, 1.807) is 30.3 Å². The largest absolute Gasteiger partial charge is 0.467 e. The lowest BCUT2D eigenvalue weighted by molar-refractivity contribution is -0.145. The van der Waals surface area contributed by atoms with Crippen molar-refractivity contribution >= 4 is 17.8 Å². The maximum atomic E-state index is 12.6. The molecular weight excluding hydrogens is 322 g/mol. The second kappa shape index (κ2) is 8.85. The maximum absolute atomic E-state index is 12.6. The van der Waals surface area contributed by atoms with Crippen LogP contribution in [0.5, 0.6) is 0 Å². The first-order valence-corrected chi connectivity index (χ1v) is 7.99. The van der Waals surface area contributed by atoms with E-state index in [0.29, 0.717) is 11.6 Å². The van der Waals surface area contributed by atoms with Crippen LogP contribution in [-0.4, -0.2) is 55.0 Å². The third-order valence-corrected chi connectivity index (χ3v) is 3.78. The first-order valence-electron chi connectivity index (χ1n) is 7.99. The van der Waals surface area contributed by atoms with E-state index in [-0.39, 0.29) is 19.0 Å². The number of benzene rings is 1. The second-order valence-corrected chi connectivity index (χ2v) is 5.67. The summed E-state index contributed by atoms with van der Waals surface area (Å²) < 4.78 is 4.73. The molecule has 1 aromatic rings. The van der Waals surface area contributed by atoms with Crippen LogP contribution in [0, 0.1) is 12.5 Å². The summed E-state index contributed by atoms with van der Waals surface area (Å²) in [5.74, 6) is -1.48. The lowest BCUT2D eigenvalue weighted by Crippen LogP contribution is -2.50. The van der Waals surface area contributed by atoms with E-state index >= 15 is 0 Å². The quantitative estimate of drug-likeness (QED) is 0.398. The van der Waals surface area contributed by atoms with Gasteiger partial charge in [0.2, 0.25) is 5.91 Å². The van der Waals surface area contributed by atoms with Crippen LogP contribution < -0.4 is 10.6 Å². The molecule has 2 amide bonds.